The summed E-state index contributed by atoms with van der Waals surface area (Å²) in [5.41, 5.74) is 1.24. The number of benzene rings is 1. The Morgan fingerprint density at radius 1 is 1.40 bits per heavy atom. The lowest BCUT2D eigenvalue weighted by atomic mass is 10.2. The molecule has 0 unspecified atom stereocenters. The Bertz CT molecular complexity index is 567. The monoisotopic (exact) mass is 290 g/mol. The average Bonchev–Trinajstić information content (AvgIpc) is 2.79. The summed E-state index contributed by atoms with van der Waals surface area (Å²) in [5, 5.41) is 3.04. The van der Waals surface area contributed by atoms with E-state index < -0.39 is 0 Å². The summed E-state index contributed by atoms with van der Waals surface area (Å²) in [5.74, 6) is -0.457. The van der Waals surface area contributed by atoms with E-state index in [1.807, 2.05) is 30.3 Å². The van der Waals surface area contributed by atoms with Crippen molar-refractivity contribution in [1.29, 1.82) is 0 Å². The van der Waals surface area contributed by atoms with Crippen molar-refractivity contribution < 1.29 is 14.3 Å². The predicted octanol–water partition coefficient (Wildman–Crippen LogP) is 1.81. The molecule has 0 fully saturated rings. The van der Waals surface area contributed by atoms with Crippen LogP contribution in [0.4, 0.5) is 0 Å². The number of aliphatic imine (C=N–C) groups is 1. The van der Waals surface area contributed by atoms with Gasteiger partial charge in [-0.15, -0.1) is 0 Å². The molecule has 0 radical (unpaired) electrons. The zero-order chi connectivity index (χ0) is 14.4. The zero-order valence-corrected chi connectivity index (χ0v) is 11.8. The van der Waals surface area contributed by atoms with E-state index in [4.69, 9.17) is 4.74 Å². The molecule has 1 aromatic rings. The minimum absolute atomic E-state index is 0.131. The van der Waals surface area contributed by atoms with Crippen molar-refractivity contribution >= 4 is 34.9 Å². The molecule has 0 saturated heterocycles. The fraction of sp³-hybridized carbons (Fsp3) is 0.214. The van der Waals surface area contributed by atoms with Crippen LogP contribution in [0.15, 0.2) is 41.0 Å². The van der Waals surface area contributed by atoms with Crippen molar-refractivity contribution in [3.63, 3.8) is 0 Å². The van der Waals surface area contributed by atoms with Gasteiger partial charge in [0.2, 0.25) is 0 Å². The SMILES string of the molecule is CCOC(=O)CSC1=N/C(=C\c2ccccc2)C(=O)N1. The predicted molar refractivity (Wildman–Crippen MR) is 79.1 cm³/mol. The quantitative estimate of drug-likeness (QED) is 0.678. The van der Waals surface area contributed by atoms with Crippen LogP contribution in [-0.2, 0) is 14.3 Å². The summed E-state index contributed by atoms with van der Waals surface area (Å²) in [7, 11) is 0. The molecule has 0 spiro atoms. The van der Waals surface area contributed by atoms with Crippen molar-refractivity contribution in [1.82, 2.24) is 5.32 Å². The van der Waals surface area contributed by atoms with Crippen LogP contribution in [0, 0.1) is 0 Å². The molecule has 1 N–H and O–H groups in total. The van der Waals surface area contributed by atoms with Gasteiger partial charge in [-0.25, -0.2) is 4.99 Å². The lowest BCUT2D eigenvalue weighted by molar-refractivity contribution is -0.139. The molecule has 104 valence electrons. The number of rotatable bonds is 4. The normalized spacial score (nSPS) is 15.9. The third-order valence-electron chi connectivity index (χ3n) is 2.41. The molecule has 0 aliphatic carbocycles. The Labute approximate surface area is 121 Å². The fourth-order valence-electron chi connectivity index (χ4n) is 1.55. The summed E-state index contributed by atoms with van der Waals surface area (Å²) >= 11 is 1.15. The Kier molecular flexibility index (Phi) is 4.95. The number of esters is 1. The molecule has 1 aromatic carbocycles. The number of carbonyl (C=O) groups is 2. The highest BCUT2D eigenvalue weighted by Gasteiger charge is 2.21. The second-order valence-corrected chi connectivity index (χ2v) is 4.87. The first-order valence-corrected chi connectivity index (χ1v) is 7.13. The van der Waals surface area contributed by atoms with Crippen LogP contribution < -0.4 is 5.32 Å². The van der Waals surface area contributed by atoms with Gasteiger partial charge in [0.05, 0.1) is 12.4 Å². The molecule has 0 bridgehead atoms. The van der Waals surface area contributed by atoms with E-state index in [1.165, 1.54) is 0 Å². The molecule has 1 aliphatic heterocycles. The van der Waals surface area contributed by atoms with Gasteiger partial charge in [0, 0.05) is 0 Å². The number of hydrogen-bond donors (Lipinski definition) is 1. The molecule has 1 heterocycles. The van der Waals surface area contributed by atoms with Crippen molar-refractivity contribution in [3.05, 3.63) is 41.6 Å². The molecule has 1 aliphatic rings. The first-order chi connectivity index (χ1) is 9.69. The highest BCUT2D eigenvalue weighted by Crippen LogP contribution is 2.16. The second kappa shape index (κ2) is 6.91. The molecular formula is C14H14N2O3S. The molecule has 0 aromatic heterocycles. The van der Waals surface area contributed by atoms with Gasteiger partial charge in [0.15, 0.2) is 5.17 Å². The standard InChI is InChI=1S/C14H14N2O3S/c1-2-19-12(17)9-20-14-15-11(13(18)16-14)8-10-6-4-3-5-7-10/h3-8H,2,9H2,1H3,(H,15,16,18)/b11-8-. The van der Waals surface area contributed by atoms with Crippen LogP contribution in [0.1, 0.15) is 12.5 Å². The smallest absolute Gasteiger partial charge is 0.316 e. The summed E-state index contributed by atoms with van der Waals surface area (Å²) < 4.78 is 4.81. The van der Waals surface area contributed by atoms with Crippen LogP contribution >= 0.6 is 11.8 Å². The summed E-state index contributed by atoms with van der Waals surface area (Å²) in [4.78, 5) is 27.1. The molecule has 2 rings (SSSR count). The third-order valence-corrected chi connectivity index (χ3v) is 3.26. The Hall–Kier alpha value is -2.08. The molecule has 1 amide bonds. The lowest BCUT2D eigenvalue weighted by Gasteiger charge is -2.00. The number of hydrogen-bond acceptors (Lipinski definition) is 5. The van der Waals surface area contributed by atoms with Gasteiger partial charge in [-0.05, 0) is 18.6 Å². The van der Waals surface area contributed by atoms with E-state index in [9.17, 15) is 9.59 Å². The van der Waals surface area contributed by atoms with E-state index in [1.54, 1.807) is 13.0 Å². The maximum atomic E-state index is 11.7. The highest BCUT2D eigenvalue weighted by molar-refractivity contribution is 8.14. The summed E-state index contributed by atoms with van der Waals surface area (Å²) in [6, 6.07) is 9.46. The van der Waals surface area contributed by atoms with Crippen LogP contribution in [0.2, 0.25) is 0 Å². The number of carbonyl (C=O) groups excluding carboxylic acids is 2. The first kappa shape index (κ1) is 14.3. The molecule has 6 heteroatoms. The minimum Gasteiger partial charge on any atom is -0.465 e. The Morgan fingerprint density at radius 3 is 2.85 bits per heavy atom. The van der Waals surface area contributed by atoms with Crippen molar-refractivity contribution in [2.75, 3.05) is 12.4 Å². The minimum atomic E-state index is -0.324. The van der Waals surface area contributed by atoms with E-state index in [0.29, 0.717) is 17.5 Å². The van der Waals surface area contributed by atoms with Gasteiger partial charge < -0.3 is 4.74 Å². The number of nitrogens with zero attached hydrogens (tertiary/aromatic N) is 1. The average molecular weight is 290 g/mol. The largest absolute Gasteiger partial charge is 0.465 e. The third kappa shape index (κ3) is 3.96. The molecule has 0 saturated carbocycles. The van der Waals surface area contributed by atoms with E-state index >= 15 is 0 Å². The van der Waals surface area contributed by atoms with Crippen LogP contribution in [0.3, 0.4) is 0 Å². The van der Waals surface area contributed by atoms with Gasteiger partial charge in [0.25, 0.3) is 5.91 Å². The van der Waals surface area contributed by atoms with Gasteiger partial charge in [0.1, 0.15) is 5.70 Å². The molecule has 0 atom stereocenters. The molecule has 5 nitrogen and oxygen atoms in total. The van der Waals surface area contributed by atoms with Crippen LogP contribution in [-0.4, -0.2) is 29.4 Å². The zero-order valence-electron chi connectivity index (χ0n) is 11.0. The maximum absolute atomic E-state index is 11.7. The number of ether oxygens (including phenoxy) is 1. The van der Waals surface area contributed by atoms with Crippen molar-refractivity contribution in [2.45, 2.75) is 6.92 Å². The van der Waals surface area contributed by atoms with Gasteiger partial charge in [-0.1, -0.05) is 42.1 Å². The van der Waals surface area contributed by atoms with Crippen molar-refractivity contribution in [2.24, 2.45) is 4.99 Å². The lowest BCUT2D eigenvalue weighted by Crippen LogP contribution is -2.23. The summed E-state index contributed by atoms with van der Waals surface area (Å²) in [6.45, 7) is 2.09. The van der Waals surface area contributed by atoms with Crippen LogP contribution in [0.5, 0.6) is 0 Å². The van der Waals surface area contributed by atoms with Gasteiger partial charge in [-0.3, -0.25) is 14.9 Å². The number of amidine groups is 1. The van der Waals surface area contributed by atoms with Crippen LogP contribution in [0.25, 0.3) is 6.08 Å². The molecular weight excluding hydrogens is 276 g/mol. The van der Waals surface area contributed by atoms with Gasteiger partial charge >= 0.3 is 5.97 Å². The Balaban J connectivity index is 2.00. The van der Waals surface area contributed by atoms with E-state index in [0.717, 1.165) is 17.3 Å². The van der Waals surface area contributed by atoms with Crippen molar-refractivity contribution in [3.8, 4) is 0 Å². The number of nitrogens with one attached hydrogen (secondary N) is 1. The number of thioether (sulfide) groups is 1. The first-order valence-electron chi connectivity index (χ1n) is 6.14. The highest BCUT2D eigenvalue weighted by atomic mass is 32.2. The summed E-state index contributed by atoms with van der Waals surface area (Å²) in [6.07, 6.45) is 1.70. The molecule has 20 heavy (non-hydrogen) atoms. The number of amides is 1. The maximum Gasteiger partial charge on any atom is 0.316 e. The van der Waals surface area contributed by atoms with E-state index in [-0.39, 0.29) is 17.6 Å². The van der Waals surface area contributed by atoms with E-state index in [2.05, 4.69) is 10.3 Å². The second-order valence-electron chi connectivity index (χ2n) is 3.91. The van der Waals surface area contributed by atoms with Gasteiger partial charge in [-0.2, -0.15) is 0 Å². The topological polar surface area (TPSA) is 67.8 Å². The fourth-order valence-corrected chi connectivity index (χ4v) is 2.22. The Morgan fingerprint density at radius 2 is 2.15 bits per heavy atom.